The molecule has 0 aliphatic carbocycles. The number of para-hydroxylation sites is 1. The first-order chi connectivity index (χ1) is 18.4. The zero-order chi connectivity index (χ0) is 26.5. The van der Waals surface area contributed by atoms with Crippen LogP contribution < -0.4 is 15.1 Å². The van der Waals surface area contributed by atoms with Gasteiger partial charge in [-0.25, -0.2) is 9.97 Å². The highest BCUT2D eigenvalue weighted by Crippen LogP contribution is 2.27. The van der Waals surface area contributed by atoms with E-state index in [1.807, 2.05) is 61.5 Å². The van der Waals surface area contributed by atoms with E-state index >= 15 is 0 Å². The Kier molecular flexibility index (Phi) is 8.15. The number of hydrogen-bond donors (Lipinski definition) is 1. The molecule has 0 spiro atoms. The Hall–Kier alpha value is -3.55. The average Bonchev–Trinajstić information content (AvgIpc) is 2.93. The maximum Gasteiger partial charge on any atom is 0.255 e. The predicted molar refractivity (Wildman–Crippen MR) is 158 cm³/mol. The van der Waals surface area contributed by atoms with Gasteiger partial charge in [-0.1, -0.05) is 71.4 Å². The minimum atomic E-state index is -0.133. The van der Waals surface area contributed by atoms with Gasteiger partial charge in [-0.15, -0.1) is 0 Å². The number of hydrogen-bond acceptors (Lipinski definition) is 6. The maximum atomic E-state index is 12.8. The zero-order valence-electron chi connectivity index (χ0n) is 21.5. The summed E-state index contributed by atoms with van der Waals surface area (Å²) in [5.74, 6) is 1.35. The minimum Gasteiger partial charge on any atom is -0.368 e. The molecule has 0 radical (unpaired) electrons. The molecular weight excluding hydrogens is 514 g/mol. The summed E-state index contributed by atoms with van der Waals surface area (Å²) in [7, 11) is 0. The Labute approximate surface area is 233 Å². The van der Waals surface area contributed by atoms with Crippen molar-refractivity contribution in [3.05, 3.63) is 106 Å². The molecule has 2 heterocycles. The largest absolute Gasteiger partial charge is 0.368 e. The number of benzene rings is 3. The molecule has 38 heavy (non-hydrogen) atoms. The number of nitrogens with one attached hydrogen (secondary N) is 1. The van der Waals surface area contributed by atoms with Crippen LogP contribution in [-0.4, -0.2) is 42.1 Å². The number of amides is 1. The third-order valence-corrected chi connectivity index (χ3v) is 7.70. The van der Waals surface area contributed by atoms with Crippen molar-refractivity contribution in [1.29, 1.82) is 0 Å². The van der Waals surface area contributed by atoms with E-state index in [9.17, 15) is 4.79 Å². The van der Waals surface area contributed by atoms with Gasteiger partial charge >= 0.3 is 0 Å². The van der Waals surface area contributed by atoms with Crippen molar-refractivity contribution >= 4 is 46.5 Å². The predicted octanol–water partition coefficient (Wildman–Crippen LogP) is 6.62. The van der Waals surface area contributed by atoms with Crippen LogP contribution in [0.3, 0.4) is 0 Å². The number of nitrogens with zero attached hydrogens (tertiary/aromatic N) is 4. The molecule has 1 N–H and O–H groups in total. The minimum absolute atomic E-state index is 0.133. The molecule has 1 saturated heterocycles. The van der Waals surface area contributed by atoms with Crippen LogP contribution in [0.5, 0.6) is 0 Å². The van der Waals surface area contributed by atoms with Crippen LogP contribution in [0, 0.1) is 13.8 Å². The van der Waals surface area contributed by atoms with Crippen LogP contribution in [0.15, 0.2) is 84.0 Å². The van der Waals surface area contributed by atoms with Gasteiger partial charge in [0.1, 0.15) is 11.0 Å². The molecular formula is C30H30ClN5OS. The van der Waals surface area contributed by atoms with Crippen molar-refractivity contribution in [2.45, 2.75) is 24.8 Å². The molecule has 3 aromatic carbocycles. The van der Waals surface area contributed by atoms with E-state index in [0.29, 0.717) is 21.6 Å². The first kappa shape index (κ1) is 26.1. The fourth-order valence-electron chi connectivity index (χ4n) is 4.50. The van der Waals surface area contributed by atoms with Crippen LogP contribution in [-0.2, 0) is 5.75 Å². The molecule has 4 aromatic rings. The first-order valence-electron chi connectivity index (χ1n) is 12.6. The Morgan fingerprint density at radius 1 is 0.895 bits per heavy atom. The molecule has 1 amide bonds. The number of carbonyl (C=O) groups is 1. The summed E-state index contributed by atoms with van der Waals surface area (Å²) in [5, 5.41) is 4.02. The van der Waals surface area contributed by atoms with Crippen molar-refractivity contribution in [3.63, 3.8) is 0 Å². The molecule has 0 atom stereocenters. The summed E-state index contributed by atoms with van der Waals surface area (Å²) in [5.41, 5.74) is 6.14. The number of thioether (sulfide) groups is 1. The number of aromatic nitrogens is 2. The summed E-state index contributed by atoms with van der Waals surface area (Å²) in [6.07, 6.45) is 0. The van der Waals surface area contributed by atoms with Gasteiger partial charge in [0, 0.05) is 54.9 Å². The molecule has 194 valence electrons. The highest BCUT2D eigenvalue weighted by molar-refractivity contribution is 7.98. The quantitative estimate of drug-likeness (QED) is 0.161. The lowest BCUT2D eigenvalue weighted by molar-refractivity contribution is 0.102. The number of halogens is 1. The highest BCUT2D eigenvalue weighted by atomic mass is 35.5. The summed E-state index contributed by atoms with van der Waals surface area (Å²) in [6, 6.07) is 25.8. The molecule has 8 heteroatoms. The smallest absolute Gasteiger partial charge is 0.255 e. The van der Waals surface area contributed by atoms with E-state index in [1.54, 1.807) is 0 Å². The highest BCUT2D eigenvalue weighted by Gasteiger charge is 2.20. The van der Waals surface area contributed by atoms with Gasteiger partial charge in [-0.2, -0.15) is 0 Å². The Morgan fingerprint density at radius 2 is 1.63 bits per heavy atom. The lowest BCUT2D eigenvalue weighted by Gasteiger charge is -2.37. The Morgan fingerprint density at radius 3 is 2.39 bits per heavy atom. The van der Waals surface area contributed by atoms with Gasteiger partial charge < -0.3 is 15.1 Å². The standard InChI is InChI=1S/C30H30ClN5OS/c1-21-10-12-25(13-11-21)32-29(37)24-8-5-7-23(18-24)20-38-30-33-27(31)19-28(34-30)36-16-14-35(15-17-36)26-9-4-3-6-22(26)2/h3-13,18-19H,14-17,20H2,1-2H3,(H,32,37). The van der Waals surface area contributed by atoms with Crippen molar-refractivity contribution < 1.29 is 4.79 Å². The molecule has 6 nitrogen and oxygen atoms in total. The van der Waals surface area contributed by atoms with Crippen molar-refractivity contribution in [2.24, 2.45) is 0 Å². The van der Waals surface area contributed by atoms with Crippen LogP contribution in [0.25, 0.3) is 0 Å². The summed E-state index contributed by atoms with van der Waals surface area (Å²) < 4.78 is 0. The fraction of sp³-hybridized carbons (Fsp3) is 0.233. The lowest BCUT2D eigenvalue weighted by atomic mass is 10.1. The first-order valence-corrected chi connectivity index (χ1v) is 14.0. The second kappa shape index (κ2) is 11.9. The van der Waals surface area contributed by atoms with E-state index in [4.69, 9.17) is 16.6 Å². The van der Waals surface area contributed by atoms with Crippen molar-refractivity contribution in [2.75, 3.05) is 41.3 Å². The van der Waals surface area contributed by atoms with E-state index in [-0.39, 0.29) is 5.91 Å². The number of piperazine rings is 1. The van der Waals surface area contributed by atoms with Crippen molar-refractivity contribution in [3.8, 4) is 0 Å². The van der Waals surface area contributed by atoms with Crippen LogP contribution in [0.2, 0.25) is 5.15 Å². The average molecular weight is 544 g/mol. The second-order valence-electron chi connectivity index (χ2n) is 9.40. The maximum absolute atomic E-state index is 12.8. The monoisotopic (exact) mass is 543 g/mol. The summed E-state index contributed by atoms with van der Waals surface area (Å²) in [6.45, 7) is 7.75. The van der Waals surface area contributed by atoms with Crippen LogP contribution in [0.1, 0.15) is 27.0 Å². The van der Waals surface area contributed by atoms with Crippen LogP contribution in [0.4, 0.5) is 17.2 Å². The van der Waals surface area contributed by atoms with Gasteiger partial charge in [0.25, 0.3) is 5.91 Å². The molecule has 1 aliphatic heterocycles. The number of aryl methyl sites for hydroxylation is 2. The lowest BCUT2D eigenvalue weighted by Crippen LogP contribution is -2.47. The molecule has 1 fully saturated rings. The Balaban J connectivity index is 1.21. The normalized spacial score (nSPS) is 13.4. The fourth-order valence-corrected chi connectivity index (χ4v) is 5.52. The SMILES string of the molecule is Cc1ccc(NC(=O)c2cccc(CSc3nc(Cl)cc(N4CCN(c5ccccc5C)CC4)n3)c2)cc1. The molecule has 0 saturated carbocycles. The van der Waals surface area contributed by atoms with E-state index < -0.39 is 0 Å². The zero-order valence-corrected chi connectivity index (χ0v) is 23.1. The molecule has 1 aliphatic rings. The third-order valence-electron chi connectivity index (χ3n) is 6.59. The number of carbonyl (C=O) groups excluding carboxylic acids is 1. The van der Waals surface area contributed by atoms with E-state index in [0.717, 1.165) is 48.8 Å². The van der Waals surface area contributed by atoms with Gasteiger partial charge in [0.2, 0.25) is 0 Å². The third kappa shape index (κ3) is 6.47. The second-order valence-corrected chi connectivity index (χ2v) is 10.7. The van der Waals surface area contributed by atoms with Crippen LogP contribution >= 0.6 is 23.4 Å². The van der Waals surface area contributed by atoms with Gasteiger partial charge in [0.05, 0.1) is 0 Å². The molecule has 5 rings (SSSR count). The summed E-state index contributed by atoms with van der Waals surface area (Å²) >= 11 is 7.91. The molecule has 0 bridgehead atoms. The van der Waals surface area contributed by atoms with Gasteiger partial charge in [0.15, 0.2) is 5.16 Å². The molecule has 0 unspecified atom stereocenters. The van der Waals surface area contributed by atoms with Crippen molar-refractivity contribution in [1.82, 2.24) is 9.97 Å². The number of anilines is 3. The van der Waals surface area contributed by atoms with E-state index in [2.05, 4.69) is 51.3 Å². The molecule has 1 aromatic heterocycles. The van der Waals surface area contributed by atoms with Gasteiger partial charge in [-0.3, -0.25) is 4.79 Å². The summed E-state index contributed by atoms with van der Waals surface area (Å²) in [4.78, 5) is 26.7. The van der Waals surface area contributed by atoms with E-state index in [1.165, 1.54) is 23.0 Å². The Bertz CT molecular complexity index is 1420. The van der Waals surface area contributed by atoms with Gasteiger partial charge in [-0.05, 0) is 55.3 Å². The topological polar surface area (TPSA) is 61.4 Å². The number of rotatable bonds is 7.